The monoisotopic (exact) mass is 672 g/mol. The fourth-order valence-electron chi connectivity index (χ4n) is 6.54. The lowest BCUT2D eigenvalue weighted by molar-refractivity contribution is -0.140. The number of carbonyl (C=O) groups is 2. The molecule has 3 N–H and O–H groups in total. The van der Waals surface area contributed by atoms with Gasteiger partial charge >= 0.3 is 6.18 Å². The molecule has 14 heteroatoms. The minimum Gasteiger partial charge on any atom is -0.494 e. The van der Waals surface area contributed by atoms with Crippen molar-refractivity contribution in [1.29, 1.82) is 0 Å². The lowest BCUT2D eigenvalue weighted by Crippen LogP contribution is -2.55. The first-order valence-electron chi connectivity index (χ1n) is 15.9. The van der Waals surface area contributed by atoms with E-state index in [2.05, 4.69) is 51.5 Å². The Balaban J connectivity index is 1.36. The molecule has 0 bridgehead atoms. The number of fused-ring (bicyclic) bond motifs is 1. The summed E-state index contributed by atoms with van der Waals surface area (Å²) in [5.74, 6) is 4.72. The van der Waals surface area contributed by atoms with Crippen LogP contribution in [0.5, 0.6) is 5.75 Å². The third-order valence-corrected chi connectivity index (χ3v) is 9.00. The summed E-state index contributed by atoms with van der Waals surface area (Å²) in [5.41, 5.74) is 0.854. The predicted molar refractivity (Wildman–Crippen MR) is 172 cm³/mol. The second-order valence-corrected chi connectivity index (χ2v) is 12.4. The van der Waals surface area contributed by atoms with Crippen molar-refractivity contribution in [3.05, 3.63) is 53.1 Å². The van der Waals surface area contributed by atoms with Crippen molar-refractivity contribution in [2.24, 2.45) is 11.8 Å². The quantitative estimate of drug-likeness (QED) is 0.240. The van der Waals surface area contributed by atoms with Gasteiger partial charge in [0.05, 0.1) is 48.9 Å². The van der Waals surface area contributed by atoms with E-state index in [0.717, 1.165) is 56.1 Å². The van der Waals surface area contributed by atoms with E-state index in [1.54, 1.807) is 0 Å². The van der Waals surface area contributed by atoms with Gasteiger partial charge in [0.15, 0.2) is 0 Å². The maximum atomic E-state index is 14.4. The third kappa shape index (κ3) is 8.02. The molecular weight excluding hydrogens is 632 g/mol. The van der Waals surface area contributed by atoms with Crippen molar-refractivity contribution in [3.63, 3.8) is 0 Å². The van der Waals surface area contributed by atoms with Crippen molar-refractivity contribution in [3.8, 4) is 17.6 Å². The molecule has 2 amide bonds. The first kappa shape index (κ1) is 35.0. The molecule has 0 saturated carbocycles. The molecule has 10 nitrogen and oxygen atoms in total. The van der Waals surface area contributed by atoms with Gasteiger partial charge in [-0.25, -0.2) is 9.37 Å². The number of benzene rings is 2. The first-order valence-corrected chi connectivity index (χ1v) is 15.9. The van der Waals surface area contributed by atoms with E-state index in [1.807, 2.05) is 0 Å². The molecule has 0 radical (unpaired) electrons. The van der Waals surface area contributed by atoms with E-state index in [9.17, 15) is 27.2 Å². The summed E-state index contributed by atoms with van der Waals surface area (Å²) < 4.78 is 66.4. The number of halogens is 4. The molecule has 48 heavy (non-hydrogen) atoms. The summed E-state index contributed by atoms with van der Waals surface area (Å²) in [7, 11) is 2.74. The zero-order valence-corrected chi connectivity index (χ0v) is 27.3. The van der Waals surface area contributed by atoms with Gasteiger partial charge in [-0.15, -0.1) is 0 Å². The fraction of sp³-hybridized carbons (Fsp3) is 0.500. The van der Waals surface area contributed by atoms with Crippen LogP contribution in [-0.2, 0) is 11.3 Å². The van der Waals surface area contributed by atoms with Crippen LogP contribution in [0.15, 0.2) is 30.6 Å². The molecule has 2 saturated heterocycles. The SMILES string of the molecule is CNC(=O)c1cc(NCC#Cc2cc(C(=O)N[C@H]3CCN(C4CCOCC4C)C[C@@H]3C)c3ncn(CC(F)(F)F)c3c2)c(OC)cc1F. The normalized spacial score (nSPS) is 21.7. The molecule has 0 aliphatic carbocycles. The Bertz CT molecular complexity index is 1720. The Morgan fingerprint density at radius 2 is 1.90 bits per heavy atom. The van der Waals surface area contributed by atoms with Gasteiger partial charge in [-0.05, 0) is 42.9 Å². The van der Waals surface area contributed by atoms with Gasteiger partial charge in [0, 0.05) is 50.5 Å². The molecule has 2 unspecified atom stereocenters. The summed E-state index contributed by atoms with van der Waals surface area (Å²) >= 11 is 0. The van der Waals surface area contributed by atoms with Crippen LogP contribution in [-0.4, -0.2) is 91.5 Å². The standard InChI is InChI=1S/C34H40F4N6O4/c1-20-16-43(28-8-11-48-17-21(28)2)10-7-26(20)42-33(46)24-12-22(13-29-31(24)41-19-44(29)18-34(36,37)38)6-5-9-40-27-14-23(32(45)39-3)25(35)15-30(27)47-4/h12-15,19-21,26,28,40H,7-11,16-18H2,1-4H3,(H,39,45)(H,42,46)/t20-,21?,26-,28?/m0/s1. The number of rotatable bonds is 8. The van der Waals surface area contributed by atoms with E-state index in [-0.39, 0.29) is 46.4 Å². The van der Waals surface area contributed by atoms with Gasteiger partial charge in [0.1, 0.15) is 23.6 Å². The number of methoxy groups -OCH3 is 1. The van der Waals surface area contributed by atoms with Crippen LogP contribution in [0.3, 0.4) is 0 Å². The molecule has 4 atom stereocenters. The number of amides is 2. The zero-order valence-electron chi connectivity index (χ0n) is 27.3. The third-order valence-electron chi connectivity index (χ3n) is 9.00. The molecule has 2 aliphatic heterocycles. The molecule has 3 aromatic rings. The number of aromatic nitrogens is 2. The molecule has 3 heterocycles. The Hall–Kier alpha value is -4.35. The predicted octanol–water partition coefficient (Wildman–Crippen LogP) is 4.43. The number of nitrogens with zero attached hydrogens (tertiary/aromatic N) is 3. The zero-order chi connectivity index (χ0) is 34.6. The van der Waals surface area contributed by atoms with Crippen molar-refractivity contribution in [2.75, 3.05) is 52.3 Å². The van der Waals surface area contributed by atoms with Crippen molar-refractivity contribution in [1.82, 2.24) is 25.1 Å². The number of alkyl halides is 3. The highest BCUT2D eigenvalue weighted by atomic mass is 19.4. The van der Waals surface area contributed by atoms with Crippen LogP contribution in [0.1, 0.15) is 53.0 Å². The minimum atomic E-state index is -4.51. The van der Waals surface area contributed by atoms with Gasteiger partial charge < -0.3 is 30.0 Å². The molecule has 2 fully saturated rings. The second-order valence-electron chi connectivity index (χ2n) is 12.4. The second kappa shape index (κ2) is 14.8. The highest BCUT2D eigenvalue weighted by Gasteiger charge is 2.35. The fourth-order valence-corrected chi connectivity index (χ4v) is 6.54. The van der Waals surface area contributed by atoms with Gasteiger partial charge in [0.25, 0.3) is 11.8 Å². The van der Waals surface area contributed by atoms with Crippen LogP contribution < -0.4 is 20.7 Å². The largest absolute Gasteiger partial charge is 0.494 e. The maximum absolute atomic E-state index is 14.4. The highest BCUT2D eigenvalue weighted by Crippen LogP contribution is 2.29. The number of hydrogen-bond acceptors (Lipinski definition) is 7. The van der Waals surface area contributed by atoms with E-state index >= 15 is 0 Å². The summed E-state index contributed by atoms with van der Waals surface area (Å²) in [6.07, 6.45) is -1.72. The number of anilines is 1. The van der Waals surface area contributed by atoms with Gasteiger partial charge in [0.2, 0.25) is 0 Å². The smallest absolute Gasteiger partial charge is 0.406 e. The number of hydrogen-bond donors (Lipinski definition) is 3. The van der Waals surface area contributed by atoms with Crippen molar-refractivity contribution < 1.29 is 36.6 Å². The number of piperidine rings is 1. The summed E-state index contributed by atoms with van der Waals surface area (Å²) in [6.45, 7) is 6.14. The van der Waals surface area contributed by atoms with Gasteiger partial charge in [-0.3, -0.25) is 14.5 Å². The minimum absolute atomic E-state index is 0.0123. The Morgan fingerprint density at radius 3 is 2.58 bits per heavy atom. The van der Waals surface area contributed by atoms with Gasteiger partial charge in [-0.2, -0.15) is 13.2 Å². The van der Waals surface area contributed by atoms with E-state index in [0.29, 0.717) is 23.2 Å². The van der Waals surface area contributed by atoms with Crippen molar-refractivity contribution in [2.45, 2.75) is 51.5 Å². The summed E-state index contributed by atoms with van der Waals surface area (Å²) in [5, 5.41) is 8.48. The number of ether oxygens (including phenoxy) is 2. The first-order chi connectivity index (χ1) is 22.9. The number of nitrogens with one attached hydrogen (secondary N) is 3. The molecule has 2 aromatic carbocycles. The Morgan fingerprint density at radius 1 is 1.10 bits per heavy atom. The molecule has 1 aromatic heterocycles. The average molecular weight is 673 g/mol. The highest BCUT2D eigenvalue weighted by molar-refractivity contribution is 6.05. The van der Waals surface area contributed by atoms with E-state index in [1.165, 1.54) is 32.4 Å². The Labute approximate surface area is 276 Å². The topological polar surface area (TPSA) is 110 Å². The van der Waals surface area contributed by atoms with Crippen LogP contribution in [0.25, 0.3) is 11.0 Å². The van der Waals surface area contributed by atoms with Crippen LogP contribution in [0.2, 0.25) is 0 Å². The molecule has 2 aliphatic rings. The van der Waals surface area contributed by atoms with Crippen LogP contribution in [0, 0.1) is 29.5 Å². The number of likely N-dealkylation sites (tertiary alicyclic amines) is 1. The van der Waals surface area contributed by atoms with Crippen LogP contribution >= 0.6 is 0 Å². The lowest BCUT2D eigenvalue weighted by atomic mass is 9.88. The molecule has 0 spiro atoms. The van der Waals surface area contributed by atoms with Gasteiger partial charge in [-0.1, -0.05) is 25.7 Å². The Kier molecular flexibility index (Phi) is 10.8. The number of imidazole rings is 1. The molecule has 5 rings (SSSR count). The molecule has 258 valence electrons. The number of carbonyl (C=O) groups excluding carboxylic acids is 2. The lowest BCUT2D eigenvalue weighted by Gasteiger charge is -2.44. The van der Waals surface area contributed by atoms with Crippen molar-refractivity contribution >= 4 is 28.5 Å². The summed E-state index contributed by atoms with van der Waals surface area (Å²) in [6, 6.07) is 5.69. The maximum Gasteiger partial charge on any atom is 0.406 e. The van der Waals surface area contributed by atoms with E-state index in [4.69, 9.17) is 9.47 Å². The average Bonchev–Trinajstić information content (AvgIpc) is 3.44. The summed E-state index contributed by atoms with van der Waals surface area (Å²) in [4.78, 5) is 32.5. The van der Waals surface area contributed by atoms with Crippen LogP contribution in [0.4, 0.5) is 23.2 Å². The molecular formula is C34H40F4N6O4. The van der Waals surface area contributed by atoms with E-state index < -0.39 is 30.4 Å².